The van der Waals surface area contributed by atoms with E-state index >= 15 is 0 Å². The maximum Gasteiger partial charge on any atom is 0.164 e. The van der Waals surface area contributed by atoms with Crippen molar-refractivity contribution >= 4 is 27.5 Å². The second-order valence-electron chi connectivity index (χ2n) is 4.83. The number of nitrogens with zero attached hydrogens (tertiary/aromatic N) is 4. The normalized spacial score (nSPS) is 14.9. The Balaban J connectivity index is 2.14. The minimum Gasteiger partial charge on any atom is -0.275 e. The lowest BCUT2D eigenvalue weighted by Gasteiger charge is -2.07. The highest BCUT2D eigenvalue weighted by Gasteiger charge is 2.29. The summed E-state index contributed by atoms with van der Waals surface area (Å²) < 4.78 is 2.63. The number of aryl methyl sites for hydroxylation is 2. The van der Waals surface area contributed by atoms with Crippen LogP contribution in [0.25, 0.3) is 11.4 Å². The lowest BCUT2D eigenvalue weighted by atomic mass is 10.2. The van der Waals surface area contributed by atoms with Crippen LogP contribution >= 0.6 is 27.5 Å². The first-order valence-electron chi connectivity index (χ1n) is 6.36. The monoisotopic (exact) mass is 340 g/mol. The topological polar surface area (TPSA) is 43.6 Å². The molecule has 0 atom stereocenters. The zero-order valence-corrected chi connectivity index (χ0v) is 13.2. The molecule has 0 bridgehead atoms. The molecule has 0 spiro atoms. The molecule has 0 N–H and O–H groups in total. The Hall–Kier alpha value is -0.940. The van der Waals surface area contributed by atoms with E-state index < -0.39 is 0 Å². The Morgan fingerprint density at radius 3 is 2.79 bits per heavy atom. The Morgan fingerprint density at radius 1 is 1.42 bits per heavy atom. The van der Waals surface area contributed by atoms with Gasteiger partial charge in [0.1, 0.15) is 5.15 Å². The van der Waals surface area contributed by atoms with Crippen LogP contribution in [0.15, 0.2) is 10.7 Å². The Labute approximate surface area is 125 Å². The molecule has 100 valence electrons. The first kappa shape index (κ1) is 13.1. The molecule has 0 radical (unpaired) electrons. The quantitative estimate of drug-likeness (QED) is 0.799. The molecule has 1 saturated carbocycles. The van der Waals surface area contributed by atoms with Crippen LogP contribution in [0.3, 0.4) is 0 Å². The molecule has 0 saturated heterocycles. The average Bonchev–Trinajstić information content (AvgIpc) is 3.15. The van der Waals surface area contributed by atoms with Gasteiger partial charge in [-0.15, -0.1) is 0 Å². The van der Waals surface area contributed by atoms with Crippen molar-refractivity contribution in [2.45, 2.75) is 32.1 Å². The zero-order chi connectivity index (χ0) is 13.6. The molecule has 1 aliphatic rings. The molecule has 19 heavy (non-hydrogen) atoms. The average molecular weight is 342 g/mol. The van der Waals surface area contributed by atoms with Crippen molar-refractivity contribution in [1.29, 1.82) is 0 Å². The standard InChI is InChI=1S/C13H14BrClN4/c1-3-9-8(6-19(2)18-9)13-16-11(7-4-5-7)10(14)12(15)17-13/h6-7H,3-5H2,1-2H3. The van der Waals surface area contributed by atoms with E-state index in [0.29, 0.717) is 16.9 Å². The van der Waals surface area contributed by atoms with Gasteiger partial charge < -0.3 is 0 Å². The molecule has 0 unspecified atom stereocenters. The van der Waals surface area contributed by atoms with Gasteiger partial charge in [-0.1, -0.05) is 18.5 Å². The highest BCUT2D eigenvalue weighted by atomic mass is 79.9. The molecule has 2 aromatic heterocycles. The van der Waals surface area contributed by atoms with E-state index in [1.807, 2.05) is 13.2 Å². The van der Waals surface area contributed by atoms with Crippen LogP contribution in [0.4, 0.5) is 0 Å². The summed E-state index contributed by atoms with van der Waals surface area (Å²) in [5, 5.41) is 4.91. The molecule has 4 nitrogen and oxygen atoms in total. The van der Waals surface area contributed by atoms with Gasteiger partial charge in [-0.3, -0.25) is 4.68 Å². The van der Waals surface area contributed by atoms with Gasteiger partial charge in [-0.2, -0.15) is 5.10 Å². The Morgan fingerprint density at radius 2 is 2.16 bits per heavy atom. The maximum absolute atomic E-state index is 6.22. The van der Waals surface area contributed by atoms with Gasteiger partial charge in [-0.25, -0.2) is 9.97 Å². The first-order chi connectivity index (χ1) is 9.10. The van der Waals surface area contributed by atoms with E-state index in [1.165, 1.54) is 12.8 Å². The number of hydrogen-bond donors (Lipinski definition) is 0. The van der Waals surface area contributed by atoms with E-state index in [4.69, 9.17) is 16.6 Å². The molecule has 0 aromatic carbocycles. The van der Waals surface area contributed by atoms with E-state index in [-0.39, 0.29) is 0 Å². The highest BCUT2D eigenvalue weighted by Crippen LogP contribution is 2.44. The molecule has 1 fully saturated rings. The molecule has 0 amide bonds. The van der Waals surface area contributed by atoms with Crippen molar-refractivity contribution in [3.63, 3.8) is 0 Å². The predicted molar refractivity (Wildman–Crippen MR) is 78.3 cm³/mol. The van der Waals surface area contributed by atoms with Crippen LogP contribution in [0.2, 0.25) is 5.15 Å². The zero-order valence-electron chi connectivity index (χ0n) is 10.8. The fourth-order valence-electron chi connectivity index (χ4n) is 2.17. The summed E-state index contributed by atoms with van der Waals surface area (Å²) in [6.07, 6.45) is 5.17. The van der Waals surface area contributed by atoms with Crippen molar-refractivity contribution in [2.75, 3.05) is 0 Å². The summed E-state index contributed by atoms with van der Waals surface area (Å²) >= 11 is 9.71. The second kappa shape index (κ2) is 4.87. The first-order valence-corrected chi connectivity index (χ1v) is 7.53. The third-order valence-corrected chi connectivity index (χ3v) is 4.57. The van der Waals surface area contributed by atoms with Gasteiger partial charge in [-0.05, 0) is 35.2 Å². The molecular formula is C13H14BrClN4. The van der Waals surface area contributed by atoms with E-state index in [2.05, 4.69) is 32.9 Å². The van der Waals surface area contributed by atoms with Crippen molar-refractivity contribution in [1.82, 2.24) is 19.7 Å². The van der Waals surface area contributed by atoms with Gasteiger partial charge in [0.25, 0.3) is 0 Å². The molecule has 1 aliphatic carbocycles. The number of halogens is 2. The summed E-state index contributed by atoms with van der Waals surface area (Å²) in [7, 11) is 1.91. The molecular weight excluding hydrogens is 328 g/mol. The third-order valence-electron chi connectivity index (χ3n) is 3.28. The fraction of sp³-hybridized carbons (Fsp3) is 0.462. The van der Waals surface area contributed by atoms with Gasteiger partial charge in [0.05, 0.1) is 21.4 Å². The lowest BCUT2D eigenvalue weighted by molar-refractivity contribution is 0.746. The van der Waals surface area contributed by atoms with Crippen LogP contribution in [-0.2, 0) is 13.5 Å². The number of rotatable bonds is 3. The molecule has 6 heteroatoms. The maximum atomic E-state index is 6.22. The lowest BCUT2D eigenvalue weighted by Crippen LogP contribution is -1.98. The highest BCUT2D eigenvalue weighted by molar-refractivity contribution is 9.10. The number of hydrogen-bond acceptors (Lipinski definition) is 3. The molecule has 2 heterocycles. The van der Waals surface area contributed by atoms with Gasteiger partial charge in [0.2, 0.25) is 0 Å². The van der Waals surface area contributed by atoms with E-state index in [1.54, 1.807) is 4.68 Å². The molecule has 0 aliphatic heterocycles. The largest absolute Gasteiger partial charge is 0.275 e. The fourth-order valence-corrected chi connectivity index (χ4v) is 2.84. The summed E-state index contributed by atoms with van der Waals surface area (Å²) in [6.45, 7) is 2.08. The van der Waals surface area contributed by atoms with Crippen LogP contribution < -0.4 is 0 Å². The van der Waals surface area contributed by atoms with E-state index in [9.17, 15) is 0 Å². The predicted octanol–water partition coefficient (Wildman–Crippen LogP) is 3.73. The summed E-state index contributed by atoms with van der Waals surface area (Å²) in [4.78, 5) is 9.08. The summed E-state index contributed by atoms with van der Waals surface area (Å²) in [5.74, 6) is 1.20. The SMILES string of the molecule is CCc1nn(C)cc1-c1nc(Cl)c(Br)c(C2CC2)n1. The Kier molecular flexibility index (Phi) is 3.35. The van der Waals surface area contributed by atoms with Crippen molar-refractivity contribution < 1.29 is 0 Å². The van der Waals surface area contributed by atoms with Gasteiger partial charge in [0.15, 0.2) is 5.82 Å². The molecule has 3 rings (SSSR count). The van der Waals surface area contributed by atoms with Crippen molar-refractivity contribution in [3.8, 4) is 11.4 Å². The Bertz CT molecular complexity index is 634. The van der Waals surface area contributed by atoms with Crippen LogP contribution in [0.5, 0.6) is 0 Å². The van der Waals surface area contributed by atoms with Crippen molar-refractivity contribution in [2.24, 2.45) is 7.05 Å². The second-order valence-corrected chi connectivity index (χ2v) is 5.98. The molecule has 2 aromatic rings. The minimum absolute atomic E-state index is 0.484. The minimum atomic E-state index is 0.484. The third kappa shape index (κ3) is 2.41. The smallest absolute Gasteiger partial charge is 0.164 e. The summed E-state index contributed by atoms with van der Waals surface area (Å²) in [6, 6.07) is 0. The van der Waals surface area contributed by atoms with Crippen LogP contribution in [0.1, 0.15) is 37.1 Å². The van der Waals surface area contributed by atoms with Gasteiger partial charge in [0, 0.05) is 19.2 Å². The van der Waals surface area contributed by atoms with Crippen molar-refractivity contribution in [3.05, 3.63) is 27.2 Å². The van der Waals surface area contributed by atoms with Crippen LogP contribution in [0, 0.1) is 0 Å². The van der Waals surface area contributed by atoms with E-state index in [0.717, 1.165) is 27.8 Å². The van der Waals surface area contributed by atoms with Crippen LogP contribution in [-0.4, -0.2) is 19.7 Å². The number of aromatic nitrogens is 4. The van der Waals surface area contributed by atoms with Gasteiger partial charge >= 0.3 is 0 Å². The summed E-state index contributed by atoms with van der Waals surface area (Å²) in [5.41, 5.74) is 3.00.